The quantitative estimate of drug-likeness (QED) is 0.833. The minimum atomic E-state index is -0.446. The molecule has 0 radical (unpaired) electrons. The number of aryl methyl sites for hydroxylation is 1. The molecule has 0 aromatic heterocycles. The highest BCUT2D eigenvalue weighted by molar-refractivity contribution is 5.85. The Morgan fingerprint density at radius 1 is 1.56 bits per heavy atom. The van der Waals surface area contributed by atoms with Crippen molar-refractivity contribution < 1.29 is 13.9 Å². The minimum absolute atomic E-state index is 0. The summed E-state index contributed by atoms with van der Waals surface area (Å²) >= 11 is 0. The molecule has 0 aliphatic heterocycles. The standard InChI is InChI=1S/C11H14FNO2.ClH/c1-7-5-8(12)3-4-9(7)10(13)6-11(14)15-2;/h3-5,10H,6,13H2,1-2H3;1H/t10-;/m1./s1. The predicted molar refractivity (Wildman–Crippen MR) is 61.9 cm³/mol. The van der Waals surface area contributed by atoms with Crippen LogP contribution in [0.1, 0.15) is 23.6 Å². The molecular formula is C11H15ClFNO2. The van der Waals surface area contributed by atoms with Gasteiger partial charge in [-0.05, 0) is 30.2 Å². The number of hydrogen-bond donors (Lipinski definition) is 1. The summed E-state index contributed by atoms with van der Waals surface area (Å²) in [7, 11) is 1.31. The largest absolute Gasteiger partial charge is 0.469 e. The molecule has 0 saturated heterocycles. The Balaban J connectivity index is 0.00000225. The van der Waals surface area contributed by atoms with Gasteiger partial charge >= 0.3 is 5.97 Å². The van der Waals surface area contributed by atoms with Crippen molar-refractivity contribution in [2.24, 2.45) is 5.73 Å². The lowest BCUT2D eigenvalue weighted by atomic mass is 9.99. The van der Waals surface area contributed by atoms with Gasteiger partial charge in [0.05, 0.1) is 13.5 Å². The summed E-state index contributed by atoms with van der Waals surface area (Å²) in [6.45, 7) is 1.76. The first-order valence-electron chi connectivity index (χ1n) is 4.63. The van der Waals surface area contributed by atoms with Crippen LogP contribution in [0.25, 0.3) is 0 Å². The molecule has 0 spiro atoms. The molecule has 90 valence electrons. The van der Waals surface area contributed by atoms with Gasteiger partial charge in [-0.3, -0.25) is 4.79 Å². The number of methoxy groups -OCH3 is 1. The van der Waals surface area contributed by atoms with E-state index in [4.69, 9.17) is 5.73 Å². The van der Waals surface area contributed by atoms with E-state index in [2.05, 4.69) is 4.74 Å². The maximum Gasteiger partial charge on any atom is 0.307 e. The molecule has 0 bridgehead atoms. The van der Waals surface area contributed by atoms with Gasteiger partial charge in [-0.2, -0.15) is 0 Å². The first kappa shape index (κ1) is 14.9. The summed E-state index contributed by atoms with van der Waals surface area (Å²) in [6.07, 6.45) is 0.100. The Hall–Kier alpha value is -1.13. The topological polar surface area (TPSA) is 52.3 Å². The number of benzene rings is 1. The summed E-state index contributed by atoms with van der Waals surface area (Å²) in [4.78, 5) is 11.0. The number of halogens is 2. The normalized spacial score (nSPS) is 11.5. The number of rotatable bonds is 3. The molecule has 5 heteroatoms. The third kappa shape index (κ3) is 3.79. The van der Waals surface area contributed by atoms with E-state index in [-0.39, 0.29) is 30.6 Å². The molecule has 0 heterocycles. The van der Waals surface area contributed by atoms with Gasteiger partial charge in [-0.1, -0.05) is 6.07 Å². The third-order valence-electron chi connectivity index (χ3n) is 2.25. The monoisotopic (exact) mass is 247 g/mol. The van der Waals surface area contributed by atoms with Crippen LogP contribution in [-0.4, -0.2) is 13.1 Å². The van der Waals surface area contributed by atoms with Crippen molar-refractivity contribution >= 4 is 18.4 Å². The van der Waals surface area contributed by atoms with E-state index >= 15 is 0 Å². The lowest BCUT2D eigenvalue weighted by molar-refractivity contribution is -0.141. The summed E-state index contributed by atoms with van der Waals surface area (Å²) in [6, 6.07) is 3.88. The van der Waals surface area contributed by atoms with Gasteiger partial charge in [-0.15, -0.1) is 12.4 Å². The molecule has 1 aromatic rings. The van der Waals surface area contributed by atoms with E-state index in [0.717, 1.165) is 11.1 Å². The summed E-state index contributed by atoms with van der Waals surface area (Å²) in [5.41, 5.74) is 7.31. The molecule has 16 heavy (non-hydrogen) atoms. The van der Waals surface area contributed by atoms with Crippen molar-refractivity contribution in [1.82, 2.24) is 0 Å². The number of ether oxygens (including phenoxy) is 1. The van der Waals surface area contributed by atoms with Crippen molar-refractivity contribution in [2.45, 2.75) is 19.4 Å². The SMILES string of the molecule is COC(=O)C[C@@H](N)c1ccc(F)cc1C.Cl. The van der Waals surface area contributed by atoms with E-state index in [0.29, 0.717) is 0 Å². The van der Waals surface area contributed by atoms with Crippen LogP contribution in [0.2, 0.25) is 0 Å². The molecule has 3 nitrogen and oxygen atoms in total. The molecular weight excluding hydrogens is 233 g/mol. The van der Waals surface area contributed by atoms with Crippen LogP contribution < -0.4 is 5.73 Å². The first-order chi connectivity index (χ1) is 7.04. The summed E-state index contributed by atoms with van der Waals surface area (Å²) in [5.74, 6) is -0.673. The molecule has 1 aromatic carbocycles. The molecule has 0 amide bonds. The molecule has 2 N–H and O–H groups in total. The fourth-order valence-electron chi connectivity index (χ4n) is 1.43. The van der Waals surface area contributed by atoms with Crippen LogP contribution in [0, 0.1) is 12.7 Å². The molecule has 1 atom stereocenters. The van der Waals surface area contributed by atoms with Crippen molar-refractivity contribution in [2.75, 3.05) is 7.11 Å². The van der Waals surface area contributed by atoms with Gasteiger partial charge in [0.1, 0.15) is 5.82 Å². The number of nitrogens with two attached hydrogens (primary N) is 1. The number of hydrogen-bond acceptors (Lipinski definition) is 3. The lowest BCUT2D eigenvalue weighted by Crippen LogP contribution is -2.17. The molecule has 0 aliphatic rings. The Morgan fingerprint density at radius 3 is 2.69 bits per heavy atom. The fraction of sp³-hybridized carbons (Fsp3) is 0.364. The van der Waals surface area contributed by atoms with E-state index in [1.807, 2.05) is 0 Å². The van der Waals surface area contributed by atoms with Gasteiger partial charge < -0.3 is 10.5 Å². The zero-order chi connectivity index (χ0) is 11.4. The van der Waals surface area contributed by atoms with Crippen molar-refractivity contribution in [3.63, 3.8) is 0 Å². The maximum absolute atomic E-state index is 12.8. The Morgan fingerprint density at radius 2 is 2.19 bits per heavy atom. The van der Waals surface area contributed by atoms with Crippen LogP contribution in [-0.2, 0) is 9.53 Å². The average molecular weight is 248 g/mol. The van der Waals surface area contributed by atoms with Gasteiger partial charge in [0.15, 0.2) is 0 Å². The van der Waals surface area contributed by atoms with Gasteiger partial charge in [0.25, 0.3) is 0 Å². The van der Waals surface area contributed by atoms with Gasteiger partial charge in [0, 0.05) is 6.04 Å². The van der Waals surface area contributed by atoms with Gasteiger partial charge in [-0.25, -0.2) is 4.39 Å². The smallest absolute Gasteiger partial charge is 0.307 e. The summed E-state index contributed by atoms with van der Waals surface area (Å²) < 4.78 is 17.3. The lowest BCUT2D eigenvalue weighted by Gasteiger charge is -2.13. The van der Waals surface area contributed by atoms with Crippen molar-refractivity contribution in [3.8, 4) is 0 Å². The second kappa shape index (κ2) is 6.45. The van der Waals surface area contributed by atoms with Gasteiger partial charge in [0.2, 0.25) is 0 Å². The van der Waals surface area contributed by atoms with E-state index in [9.17, 15) is 9.18 Å². The summed E-state index contributed by atoms with van der Waals surface area (Å²) in [5, 5.41) is 0. The number of esters is 1. The minimum Gasteiger partial charge on any atom is -0.469 e. The van der Waals surface area contributed by atoms with Crippen molar-refractivity contribution in [3.05, 3.63) is 35.1 Å². The molecule has 0 unspecified atom stereocenters. The van der Waals surface area contributed by atoms with Crippen LogP contribution in [0.3, 0.4) is 0 Å². The second-order valence-electron chi connectivity index (χ2n) is 3.39. The average Bonchev–Trinajstić information content (AvgIpc) is 2.17. The first-order valence-corrected chi connectivity index (χ1v) is 4.63. The van der Waals surface area contributed by atoms with Crippen molar-refractivity contribution in [1.29, 1.82) is 0 Å². The zero-order valence-corrected chi connectivity index (χ0v) is 10.0. The highest BCUT2D eigenvalue weighted by Gasteiger charge is 2.13. The second-order valence-corrected chi connectivity index (χ2v) is 3.39. The van der Waals surface area contributed by atoms with Crippen LogP contribution in [0.5, 0.6) is 0 Å². The Labute approximate surface area is 100 Å². The van der Waals surface area contributed by atoms with E-state index in [1.165, 1.54) is 19.2 Å². The molecule has 0 fully saturated rings. The van der Waals surface area contributed by atoms with Crippen LogP contribution in [0.15, 0.2) is 18.2 Å². The highest BCUT2D eigenvalue weighted by atomic mass is 35.5. The predicted octanol–water partition coefficient (Wildman–Crippen LogP) is 2.12. The van der Waals surface area contributed by atoms with Crippen LogP contribution >= 0.6 is 12.4 Å². The number of carbonyl (C=O) groups is 1. The van der Waals surface area contributed by atoms with E-state index < -0.39 is 6.04 Å². The highest BCUT2D eigenvalue weighted by Crippen LogP contribution is 2.19. The fourth-order valence-corrected chi connectivity index (χ4v) is 1.43. The Bertz CT molecular complexity index is 371. The number of carbonyl (C=O) groups excluding carboxylic acids is 1. The molecule has 0 saturated carbocycles. The maximum atomic E-state index is 12.8. The van der Waals surface area contributed by atoms with E-state index in [1.54, 1.807) is 13.0 Å². The molecule has 1 rings (SSSR count). The van der Waals surface area contributed by atoms with Crippen LogP contribution in [0.4, 0.5) is 4.39 Å². The Kier molecular flexibility index (Phi) is 6.00. The third-order valence-corrected chi connectivity index (χ3v) is 2.25. The zero-order valence-electron chi connectivity index (χ0n) is 9.20. The molecule has 0 aliphatic carbocycles.